The van der Waals surface area contributed by atoms with Crippen molar-refractivity contribution in [3.63, 3.8) is 0 Å². The third-order valence-corrected chi connectivity index (χ3v) is 4.36. The number of hydrogen-bond donors (Lipinski definition) is 1. The van der Waals surface area contributed by atoms with E-state index in [0.29, 0.717) is 24.2 Å². The first-order valence-electron chi connectivity index (χ1n) is 9.42. The minimum absolute atomic E-state index is 0. The molecule has 150 valence electrons. The van der Waals surface area contributed by atoms with E-state index in [-0.39, 0.29) is 23.7 Å². The van der Waals surface area contributed by atoms with Gasteiger partial charge in [-0.3, -0.25) is 4.79 Å². The minimum atomic E-state index is -0.0160. The third kappa shape index (κ3) is 5.15. The SMILES string of the molecule is CCc1oc2ccccc2c1C(=O)c1ccc(OCCNC(C)(C)C)cc1.Cl. The molecule has 3 aromatic rings. The molecule has 5 heteroatoms. The fourth-order valence-corrected chi connectivity index (χ4v) is 3.04. The van der Waals surface area contributed by atoms with Gasteiger partial charge in [-0.25, -0.2) is 0 Å². The van der Waals surface area contributed by atoms with Gasteiger partial charge in [-0.05, 0) is 51.1 Å². The molecular weight excluding hydrogens is 374 g/mol. The lowest BCUT2D eigenvalue weighted by Crippen LogP contribution is -2.38. The summed E-state index contributed by atoms with van der Waals surface area (Å²) in [5.41, 5.74) is 2.13. The predicted octanol–water partition coefficient (Wildman–Crippen LogP) is 5.41. The van der Waals surface area contributed by atoms with E-state index in [1.54, 1.807) is 0 Å². The van der Waals surface area contributed by atoms with Crippen LogP contribution in [0, 0.1) is 0 Å². The molecule has 0 aliphatic carbocycles. The molecule has 0 amide bonds. The molecule has 3 rings (SSSR count). The molecule has 0 fully saturated rings. The van der Waals surface area contributed by atoms with Gasteiger partial charge in [0.25, 0.3) is 0 Å². The highest BCUT2D eigenvalue weighted by Crippen LogP contribution is 2.29. The number of benzene rings is 2. The first kappa shape index (κ1) is 22.0. The number of carbonyl (C=O) groups excluding carboxylic acids is 1. The van der Waals surface area contributed by atoms with Gasteiger partial charge in [0.1, 0.15) is 23.7 Å². The summed E-state index contributed by atoms with van der Waals surface area (Å²) in [7, 11) is 0. The molecule has 1 aromatic heterocycles. The zero-order valence-electron chi connectivity index (χ0n) is 16.9. The Morgan fingerprint density at radius 2 is 1.75 bits per heavy atom. The predicted molar refractivity (Wildman–Crippen MR) is 116 cm³/mol. The summed E-state index contributed by atoms with van der Waals surface area (Å²) < 4.78 is 11.6. The maximum atomic E-state index is 13.1. The van der Waals surface area contributed by atoms with Crippen molar-refractivity contribution in [1.82, 2.24) is 5.32 Å². The summed E-state index contributed by atoms with van der Waals surface area (Å²) in [5, 5.41) is 4.25. The van der Waals surface area contributed by atoms with Crippen LogP contribution in [0.2, 0.25) is 0 Å². The van der Waals surface area contributed by atoms with Crippen LogP contribution in [0.3, 0.4) is 0 Å². The molecule has 0 aliphatic heterocycles. The minimum Gasteiger partial charge on any atom is -0.492 e. The zero-order valence-corrected chi connectivity index (χ0v) is 17.7. The van der Waals surface area contributed by atoms with Gasteiger partial charge in [-0.2, -0.15) is 0 Å². The summed E-state index contributed by atoms with van der Waals surface area (Å²) >= 11 is 0. The maximum Gasteiger partial charge on any atom is 0.197 e. The van der Waals surface area contributed by atoms with Crippen molar-refractivity contribution in [2.75, 3.05) is 13.2 Å². The quantitative estimate of drug-likeness (QED) is 0.424. The van der Waals surface area contributed by atoms with Crippen molar-refractivity contribution >= 4 is 29.2 Å². The molecule has 1 N–H and O–H groups in total. The zero-order chi connectivity index (χ0) is 19.4. The molecule has 28 heavy (non-hydrogen) atoms. The van der Waals surface area contributed by atoms with Crippen LogP contribution in [-0.4, -0.2) is 24.5 Å². The number of aryl methyl sites for hydroxylation is 1. The fraction of sp³-hybridized carbons (Fsp3) is 0.348. The van der Waals surface area contributed by atoms with Gasteiger partial charge in [-0.15, -0.1) is 12.4 Å². The molecule has 0 aliphatic rings. The monoisotopic (exact) mass is 401 g/mol. The number of ether oxygens (including phenoxy) is 1. The Bertz CT molecular complexity index is 923. The van der Waals surface area contributed by atoms with Gasteiger partial charge in [0, 0.05) is 29.5 Å². The Balaban J connectivity index is 0.00000280. The van der Waals surface area contributed by atoms with Gasteiger partial charge in [0.15, 0.2) is 5.78 Å². The van der Waals surface area contributed by atoms with Crippen LogP contribution in [-0.2, 0) is 6.42 Å². The molecule has 2 aromatic carbocycles. The number of carbonyl (C=O) groups is 1. The number of fused-ring (bicyclic) bond motifs is 1. The highest BCUT2D eigenvalue weighted by molar-refractivity contribution is 6.16. The van der Waals surface area contributed by atoms with Crippen LogP contribution in [0.1, 0.15) is 49.4 Å². The first-order chi connectivity index (χ1) is 12.9. The lowest BCUT2D eigenvalue weighted by Gasteiger charge is -2.20. The Morgan fingerprint density at radius 3 is 2.39 bits per heavy atom. The van der Waals surface area contributed by atoms with E-state index in [1.165, 1.54) is 0 Å². The standard InChI is InChI=1S/C23H27NO3.ClH/c1-5-19-21(18-8-6-7-9-20(18)27-19)22(25)16-10-12-17(13-11-16)26-15-14-24-23(2,3)4;/h6-13,24H,5,14-15H2,1-4H3;1H. The van der Waals surface area contributed by atoms with E-state index in [0.717, 1.165) is 29.0 Å². The number of furan rings is 1. The van der Waals surface area contributed by atoms with E-state index in [2.05, 4.69) is 26.1 Å². The Hall–Kier alpha value is -2.30. The lowest BCUT2D eigenvalue weighted by molar-refractivity contribution is 0.103. The number of para-hydroxylation sites is 1. The molecule has 0 saturated carbocycles. The Labute approximate surface area is 172 Å². The average molecular weight is 402 g/mol. The second-order valence-corrected chi connectivity index (χ2v) is 7.63. The molecule has 0 atom stereocenters. The highest BCUT2D eigenvalue weighted by atomic mass is 35.5. The van der Waals surface area contributed by atoms with Crippen molar-refractivity contribution in [1.29, 1.82) is 0 Å². The van der Waals surface area contributed by atoms with Crippen LogP contribution in [0.4, 0.5) is 0 Å². The smallest absolute Gasteiger partial charge is 0.197 e. The number of ketones is 1. The van der Waals surface area contributed by atoms with Crippen molar-refractivity contribution < 1.29 is 13.9 Å². The summed E-state index contributed by atoms with van der Waals surface area (Å²) in [6.07, 6.45) is 0.678. The van der Waals surface area contributed by atoms with Crippen LogP contribution < -0.4 is 10.1 Å². The average Bonchev–Trinajstić information content (AvgIpc) is 3.03. The van der Waals surface area contributed by atoms with E-state index in [4.69, 9.17) is 9.15 Å². The Kier molecular flexibility index (Phi) is 7.28. The number of rotatable bonds is 7. The molecule has 0 unspecified atom stereocenters. The first-order valence-corrected chi connectivity index (χ1v) is 9.42. The van der Waals surface area contributed by atoms with Crippen molar-refractivity contribution in [3.05, 3.63) is 65.4 Å². The summed E-state index contributed by atoms with van der Waals surface area (Å²) in [4.78, 5) is 13.1. The van der Waals surface area contributed by atoms with E-state index in [9.17, 15) is 4.79 Å². The van der Waals surface area contributed by atoms with E-state index in [1.807, 2.05) is 55.5 Å². The van der Waals surface area contributed by atoms with E-state index < -0.39 is 0 Å². The number of nitrogens with one attached hydrogen (secondary N) is 1. The molecule has 0 radical (unpaired) electrons. The molecule has 0 saturated heterocycles. The Morgan fingerprint density at radius 1 is 1.07 bits per heavy atom. The molecule has 0 spiro atoms. The van der Waals surface area contributed by atoms with Gasteiger partial charge >= 0.3 is 0 Å². The summed E-state index contributed by atoms with van der Waals surface area (Å²) in [5.74, 6) is 1.47. The van der Waals surface area contributed by atoms with Crippen LogP contribution in [0.15, 0.2) is 52.9 Å². The topological polar surface area (TPSA) is 51.5 Å². The third-order valence-electron chi connectivity index (χ3n) is 4.36. The lowest BCUT2D eigenvalue weighted by atomic mass is 9.99. The fourth-order valence-electron chi connectivity index (χ4n) is 3.04. The highest BCUT2D eigenvalue weighted by Gasteiger charge is 2.20. The van der Waals surface area contributed by atoms with Gasteiger partial charge in [0.05, 0.1) is 5.56 Å². The largest absolute Gasteiger partial charge is 0.492 e. The van der Waals surface area contributed by atoms with Gasteiger partial charge < -0.3 is 14.5 Å². The van der Waals surface area contributed by atoms with Crippen LogP contribution in [0.25, 0.3) is 11.0 Å². The number of hydrogen-bond acceptors (Lipinski definition) is 4. The summed E-state index contributed by atoms with van der Waals surface area (Å²) in [6.45, 7) is 9.71. The van der Waals surface area contributed by atoms with Crippen LogP contribution >= 0.6 is 12.4 Å². The molecule has 4 nitrogen and oxygen atoms in total. The van der Waals surface area contributed by atoms with Crippen molar-refractivity contribution in [2.24, 2.45) is 0 Å². The normalized spacial score (nSPS) is 11.3. The second-order valence-electron chi connectivity index (χ2n) is 7.63. The van der Waals surface area contributed by atoms with Gasteiger partial charge in [-0.1, -0.05) is 25.1 Å². The maximum absolute atomic E-state index is 13.1. The molecule has 0 bridgehead atoms. The van der Waals surface area contributed by atoms with Crippen molar-refractivity contribution in [3.8, 4) is 5.75 Å². The van der Waals surface area contributed by atoms with Crippen LogP contribution in [0.5, 0.6) is 5.75 Å². The second kappa shape index (κ2) is 9.26. The number of halogens is 1. The molecular formula is C23H28ClNO3. The summed E-state index contributed by atoms with van der Waals surface area (Å²) in [6, 6.07) is 15.0. The van der Waals surface area contributed by atoms with E-state index >= 15 is 0 Å². The van der Waals surface area contributed by atoms with Crippen molar-refractivity contribution in [2.45, 2.75) is 39.7 Å². The van der Waals surface area contributed by atoms with Gasteiger partial charge in [0.2, 0.25) is 0 Å². The molecule has 1 heterocycles.